The van der Waals surface area contributed by atoms with Gasteiger partial charge in [0.25, 0.3) is 0 Å². The van der Waals surface area contributed by atoms with Gasteiger partial charge in [-0.2, -0.15) is 0 Å². The molecule has 3 aromatic heterocycles. The maximum atomic E-state index is 6.06. The molecule has 6 nitrogen and oxygen atoms in total. The monoisotopic (exact) mass is 845 g/mol. The first kappa shape index (κ1) is 37.7. The van der Waals surface area contributed by atoms with Crippen molar-refractivity contribution in [2.24, 2.45) is 9.98 Å². The summed E-state index contributed by atoms with van der Waals surface area (Å²) in [5.74, 6) is 2.20. The quantitative estimate of drug-likeness (QED) is 0.167. The SMILES string of the molecule is C1=C(c2ccccc2)N=C(c2ccc(-c3ccccc3)cc2)N=C(n2c3ccccc3c3ccc4c5ccccc5n(-c5ccc(-c6ccc(-c7nc8ccccc8o7)cc6)cc5)c4c32)C1. The zero-order valence-corrected chi connectivity index (χ0v) is 35.7. The van der Waals surface area contributed by atoms with E-state index >= 15 is 0 Å². The minimum Gasteiger partial charge on any atom is -0.436 e. The lowest BCUT2D eigenvalue weighted by molar-refractivity contribution is 0.620. The molecule has 0 amide bonds. The van der Waals surface area contributed by atoms with Gasteiger partial charge in [-0.15, -0.1) is 0 Å². The van der Waals surface area contributed by atoms with E-state index in [1.165, 1.54) is 27.1 Å². The summed E-state index contributed by atoms with van der Waals surface area (Å²) in [6.07, 6.45) is 2.80. The number of amidine groups is 1. The van der Waals surface area contributed by atoms with E-state index < -0.39 is 0 Å². The topological polar surface area (TPSA) is 60.6 Å². The number of allylic oxidation sites excluding steroid dienone is 1. The highest BCUT2D eigenvalue weighted by atomic mass is 16.3. The fourth-order valence-corrected chi connectivity index (χ4v) is 9.69. The molecule has 0 atom stereocenters. The number of aliphatic imine (C=N–C) groups is 2. The maximum Gasteiger partial charge on any atom is 0.227 e. The van der Waals surface area contributed by atoms with Crippen LogP contribution >= 0.6 is 0 Å². The molecule has 0 unspecified atom stereocenters. The van der Waals surface area contributed by atoms with Crippen molar-refractivity contribution in [1.82, 2.24) is 14.1 Å². The minimum absolute atomic E-state index is 0.573. The van der Waals surface area contributed by atoms with Crippen LogP contribution in [0.1, 0.15) is 17.5 Å². The van der Waals surface area contributed by atoms with E-state index in [0.717, 1.165) is 83.8 Å². The molecule has 6 heteroatoms. The van der Waals surface area contributed by atoms with Crippen LogP contribution in [0, 0.1) is 0 Å². The van der Waals surface area contributed by atoms with Gasteiger partial charge < -0.3 is 8.98 Å². The first-order valence-corrected chi connectivity index (χ1v) is 22.3. The van der Waals surface area contributed by atoms with Crippen molar-refractivity contribution in [3.05, 3.63) is 236 Å². The summed E-state index contributed by atoms with van der Waals surface area (Å²) < 4.78 is 10.9. The lowest BCUT2D eigenvalue weighted by Gasteiger charge is -2.14. The molecule has 9 aromatic carbocycles. The molecule has 0 aliphatic carbocycles. The number of aromatic nitrogens is 3. The number of hydrogen-bond donors (Lipinski definition) is 0. The minimum atomic E-state index is 0.573. The summed E-state index contributed by atoms with van der Waals surface area (Å²) in [5.41, 5.74) is 15.6. The summed E-state index contributed by atoms with van der Waals surface area (Å²) in [6.45, 7) is 0. The van der Waals surface area contributed by atoms with Crippen LogP contribution < -0.4 is 0 Å². The highest BCUT2D eigenvalue weighted by Gasteiger charge is 2.24. The fraction of sp³-hybridized carbons (Fsp3) is 0.0167. The Balaban J connectivity index is 0.976. The van der Waals surface area contributed by atoms with E-state index in [4.69, 9.17) is 19.4 Å². The van der Waals surface area contributed by atoms with Gasteiger partial charge in [0, 0.05) is 44.8 Å². The van der Waals surface area contributed by atoms with Crippen LogP contribution in [-0.4, -0.2) is 25.8 Å². The molecular formula is C60H39N5O. The van der Waals surface area contributed by atoms with Crippen molar-refractivity contribution in [3.8, 4) is 39.4 Å². The van der Waals surface area contributed by atoms with Crippen molar-refractivity contribution in [1.29, 1.82) is 0 Å². The van der Waals surface area contributed by atoms with E-state index in [-0.39, 0.29) is 0 Å². The molecule has 0 spiro atoms. The Kier molecular flexibility index (Phi) is 8.81. The molecule has 12 aromatic rings. The van der Waals surface area contributed by atoms with Crippen LogP contribution in [0.5, 0.6) is 0 Å². The Morgan fingerprint density at radius 2 is 0.879 bits per heavy atom. The van der Waals surface area contributed by atoms with E-state index in [1.807, 2.05) is 36.4 Å². The molecular weight excluding hydrogens is 807 g/mol. The molecule has 0 saturated heterocycles. The van der Waals surface area contributed by atoms with E-state index in [2.05, 4.69) is 197 Å². The molecule has 4 heterocycles. The number of nitrogens with zero attached hydrogens (tertiary/aromatic N) is 5. The largest absolute Gasteiger partial charge is 0.436 e. The lowest BCUT2D eigenvalue weighted by atomic mass is 10.0. The van der Waals surface area contributed by atoms with Crippen LogP contribution in [0.2, 0.25) is 0 Å². The molecule has 0 N–H and O–H groups in total. The molecule has 0 bridgehead atoms. The van der Waals surface area contributed by atoms with Gasteiger partial charge in [0.15, 0.2) is 11.4 Å². The molecule has 66 heavy (non-hydrogen) atoms. The van der Waals surface area contributed by atoms with Crippen molar-refractivity contribution in [2.45, 2.75) is 6.42 Å². The van der Waals surface area contributed by atoms with Crippen LogP contribution in [0.25, 0.3) is 99.8 Å². The predicted octanol–water partition coefficient (Wildman–Crippen LogP) is 15.2. The summed E-state index contributed by atoms with van der Waals surface area (Å²) in [7, 11) is 0. The number of fused-ring (bicyclic) bond motifs is 8. The molecule has 0 fully saturated rings. The Morgan fingerprint density at radius 1 is 0.379 bits per heavy atom. The Morgan fingerprint density at radius 3 is 1.53 bits per heavy atom. The zero-order chi connectivity index (χ0) is 43.6. The van der Waals surface area contributed by atoms with Gasteiger partial charge >= 0.3 is 0 Å². The molecule has 0 saturated carbocycles. The molecule has 310 valence electrons. The lowest BCUT2D eigenvalue weighted by Crippen LogP contribution is -2.14. The van der Waals surface area contributed by atoms with Crippen molar-refractivity contribution >= 4 is 72.1 Å². The van der Waals surface area contributed by atoms with Crippen LogP contribution in [0.15, 0.2) is 239 Å². The summed E-state index contributed by atoms with van der Waals surface area (Å²) in [4.78, 5) is 15.6. The van der Waals surface area contributed by atoms with Gasteiger partial charge in [0.2, 0.25) is 5.89 Å². The Hall–Kier alpha value is -8.87. The summed E-state index contributed by atoms with van der Waals surface area (Å²) >= 11 is 0. The summed E-state index contributed by atoms with van der Waals surface area (Å²) in [5, 5.41) is 4.72. The van der Waals surface area contributed by atoms with Crippen molar-refractivity contribution in [2.75, 3.05) is 0 Å². The van der Waals surface area contributed by atoms with Gasteiger partial charge in [-0.1, -0.05) is 176 Å². The predicted molar refractivity (Wildman–Crippen MR) is 273 cm³/mol. The standard InChI is InChI=1S/C60H39N5O/c1-3-13-39(14-4-1)40-23-27-44(28-24-40)59-61-51(43-15-5-2-6-16-43)37-38-56(63-59)65-54-21-11-8-18-48(54)50-36-35-49-47-17-7-10-20-53(47)64(57(49)58(50)65)46-33-31-42(32-34-46)41-25-29-45(30-26-41)60-62-52-19-9-12-22-55(52)66-60/h1-37H,38H2. The molecule has 1 aliphatic heterocycles. The van der Waals surface area contributed by atoms with Crippen LogP contribution in [-0.2, 0) is 0 Å². The number of oxazole rings is 1. The average Bonchev–Trinajstić information content (AvgIpc) is 4.02. The van der Waals surface area contributed by atoms with Crippen molar-refractivity contribution < 1.29 is 4.42 Å². The van der Waals surface area contributed by atoms with Gasteiger partial charge in [-0.05, 0) is 76.3 Å². The fourth-order valence-electron chi connectivity index (χ4n) is 9.69. The third-order valence-electron chi connectivity index (χ3n) is 12.9. The summed E-state index contributed by atoms with van der Waals surface area (Å²) in [6, 6.07) is 76.8. The highest BCUT2D eigenvalue weighted by molar-refractivity contribution is 6.27. The normalized spacial score (nSPS) is 13.1. The average molecular weight is 846 g/mol. The highest BCUT2D eigenvalue weighted by Crippen LogP contribution is 2.41. The van der Waals surface area contributed by atoms with E-state index in [1.54, 1.807) is 0 Å². The van der Waals surface area contributed by atoms with Gasteiger partial charge in [-0.25, -0.2) is 15.0 Å². The van der Waals surface area contributed by atoms with E-state index in [0.29, 0.717) is 18.1 Å². The Labute approximate surface area is 380 Å². The van der Waals surface area contributed by atoms with Crippen molar-refractivity contribution in [3.63, 3.8) is 0 Å². The first-order valence-electron chi connectivity index (χ1n) is 22.3. The third-order valence-corrected chi connectivity index (χ3v) is 12.9. The Bertz CT molecular complexity index is 3880. The number of hydrogen-bond acceptors (Lipinski definition) is 4. The second-order valence-electron chi connectivity index (χ2n) is 16.7. The number of para-hydroxylation sites is 4. The van der Waals surface area contributed by atoms with Crippen LogP contribution in [0.4, 0.5) is 0 Å². The molecule has 1 aliphatic rings. The molecule has 13 rings (SSSR count). The second kappa shape index (κ2) is 15.4. The third kappa shape index (κ3) is 6.30. The van der Waals surface area contributed by atoms with Gasteiger partial charge in [0.05, 0.1) is 27.8 Å². The maximum absolute atomic E-state index is 6.06. The van der Waals surface area contributed by atoms with Gasteiger partial charge in [0.1, 0.15) is 11.4 Å². The number of benzene rings is 9. The smallest absolute Gasteiger partial charge is 0.227 e. The molecule has 0 radical (unpaired) electrons. The zero-order valence-electron chi connectivity index (χ0n) is 35.7. The second-order valence-corrected chi connectivity index (χ2v) is 16.7. The van der Waals surface area contributed by atoms with E-state index in [9.17, 15) is 0 Å². The van der Waals surface area contributed by atoms with Crippen LogP contribution in [0.3, 0.4) is 0 Å². The first-order chi connectivity index (χ1) is 32.7. The number of rotatable bonds is 6. The van der Waals surface area contributed by atoms with Gasteiger partial charge in [-0.3, -0.25) is 4.57 Å².